The first-order chi connectivity index (χ1) is 9.65. The molecular weight excluding hydrogens is 270 g/mol. The molecule has 1 atom stereocenters. The van der Waals surface area contributed by atoms with E-state index >= 15 is 0 Å². The number of aromatic carboxylic acids is 1. The number of hydrogen-bond donors (Lipinski definition) is 2. The molecule has 0 fully saturated rings. The molecule has 21 heavy (non-hydrogen) atoms. The molecule has 5 heteroatoms. The molecule has 0 bridgehead atoms. The molecule has 0 aliphatic carbocycles. The number of carboxylic acids is 1. The Bertz CT molecular complexity index is 532. The van der Waals surface area contributed by atoms with Gasteiger partial charge < -0.3 is 15.2 Å². The molecule has 0 saturated heterocycles. The first-order valence-corrected chi connectivity index (χ1v) is 6.82. The van der Waals surface area contributed by atoms with E-state index in [-0.39, 0.29) is 22.8 Å². The molecule has 0 heterocycles. The number of amides is 1. The van der Waals surface area contributed by atoms with Crippen LogP contribution in [0.3, 0.4) is 0 Å². The van der Waals surface area contributed by atoms with E-state index in [2.05, 4.69) is 5.32 Å². The average Bonchev–Trinajstić information content (AvgIpc) is 2.36. The summed E-state index contributed by atoms with van der Waals surface area (Å²) in [7, 11) is 1.54. The normalized spacial score (nSPS) is 12.8. The monoisotopic (exact) mass is 293 g/mol. The van der Waals surface area contributed by atoms with Crippen molar-refractivity contribution >= 4 is 17.6 Å². The number of anilines is 1. The van der Waals surface area contributed by atoms with Gasteiger partial charge in [-0.3, -0.25) is 4.79 Å². The first-order valence-electron chi connectivity index (χ1n) is 6.82. The number of nitrogens with one attached hydrogen (secondary N) is 1. The zero-order chi connectivity index (χ0) is 16.2. The molecule has 5 nitrogen and oxygen atoms in total. The summed E-state index contributed by atoms with van der Waals surface area (Å²) in [6.45, 7) is 8.11. The van der Waals surface area contributed by atoms with Crippen molar-refractivity contribution in [2.75, 3.05) is 12.4 Å². The summed E-state index contributed by atoms with van der Waals surface area (Å²) in [5, 5.41) is 11.9. The minimum absolute atomic E-state index is 0.128. The largest absolute Gasteiger partial charge is 0.478 e. The Morgan fingerprint density at radius 3 is 2.38 bits per heavy atom. The lowest BCUT2D eigenvalue weighted by atomic mass is 9.81. The van der Waals surface area contributed by atoms with Gasteiger partial charge in [0.15, 0.2) is 0 Å². The fourth-order valence-electron chi connectivity index (χ4n) is 1.78. The summed E-state index contributed by atoms with van der Waals surface area (Å²) in [6, 6.07) is 4.71. The number of carboxylic acid groups (broad SMARTS) is 1. The van der Waals surface area contributed by atoms with Crippen molar-refractivity contribution in [3.8, 4) is 0 Å². The van der Waals surface area contributed by atoms with Crippen LogP contribution in [0.1, 0.15) is 43.6 Å². The number of methoxy groups -OCH3 is 1. The Labute approximate surface area is 125 Å². The molecule has 1 rings (SSSR count). The highest BCUT2D eigenvalue weighted by Crippen LogP contribution is 2.27. The number of rotatable bonds is 5. The standard InChI is InChI=1S/C16H23NO4/c1-10(16(2,3)4)14(18)17-13-7-11(9-21-5)6-12(8-13)15(19)20/h6-8,10H,9H2,1-5H3,(H,17,18)(H,19,20). The Morgan fingerprint density at radius 2 is 1.90 bits per heavy atom. The second-order valence-electron chi connectivity index (χ2n) is 6.23. The highest BCUT2D eigenvalue weighted by atomic mass is 16.5. The van der Waals surface area contributed by atoms with Gasteiger partial charge >= 0.3 is 5.97 Å². The van der Waals surface area contributed by atoms with Crippen LogP contribution in [0, 0.1) is 11.3 Å². The quantitative estimate of drug-likeness (QED) is 0.874. The van der Waals surface area contributed by atoms with Crippen LogP contribution >= 0.6 is 0 Å². The smallest absolute Gasteiger partial charge is 0.335 e. The van der Waals surface area contributed by atoms with Crippen molar-refractivity contribution in [1.29, 1.82) is 0 Å². The van der Waals surface area contributed by atoms with E-state index < -0.39 is 5.97 Å². The lowest BCUT2D eigenvalue weighted by Gasteiger charge is -2.26. The zero-order valence-electron chi connectivity index (χ0n) is 13.2. The maximum Gasteiger partial charge on any atom is 0.335 e. The highest BCUT2D eigenvalue weighted by Gasteiger charge is 2.26. The number of carbonyl (C=O) groups excluding carboxylic acids is 1. The van der Waals surface area contributed by atoms with E-state index in [9.17, 15) is 9.59 Å². The molecular formula is C16H23NO4. The Hall–Kier alpha value is -1.88. The van der Waals surface area contributed by atoms with Crippen LogP contribution in [0.15, 0.2) is 18.2 Å². The van der Waals surface area contributed by atoms with E-state index in [1.54, 1.807) is 6.07 Å². The lowest BCUT2D eigenvalue weighted by Crippen LogP contribution is -2.30. The lowest BCUT2D eigenvalue weighted by molar-refractivity contribution is -0.122. The van der Waals surface area contributed by atoms with Crippen LogP contribution in [0.25, 0.3) is 0 Å². The maximum absolute atomic E-state index is 12.2. The number of ether oxygens (including phenoxy) is 1. The van der Waals surface area contributed by atoms with Crippen molar-refractivity contribution in [2.24, 2.45) is 11.3 Å². The second-order valence-corrected chi connectivity index (χ2v) is 6.23. The number of benzene rings is 1. The van der Waals surface area contributed by atoms with Gasteiger partial charge in [-0.2, -0.15) is 0 Å². The van der Waals surface area contributed by atoms with Crippen molar-refractivity contribution < 1.29 is 19.4 Å². The zero-order valence-corrected chi connectivity index (χ0v) is 13.2. The van der Waals surface area contributed by atoms with Crippen molar-refractivity contribution in [3.63, 3.8) is 0 Å². The summed E-state index contributed by atoms with van der Waals surface area (Å²) in [5.74, 6) is -1.36. The van der Waals surface area contributed by atoms with Gasteiger partial charge in [-0.15, -0.1) is 0 Å². The molecule has 1 aromatic rings. The van der Waals surface area contributed by atoms with E-state index in [4.69, 9.17) is 9.84 Å². The van der Waals surface area contributed by atoms with Gasteiger partial charge in [0.25, 0.3) is 0 Å². The third-order valence-electron chi connectivity index (χ3n) is 3.51. The van der Waals surface area contributed by atoms with Crippen LogP contribution in [0.2, 0.25) is 0 Å². The van der Waals surface area contributed by atoms with Gasteiger partial charge in [-0.1, -0.05) is 27.7 Å². The van der Waals surface area contributed by atoms with Crippen LogP contribution in [0.4, 0.5) is 5.69 Å². The van der Waals surface area contributed by atoms with E-state index in [1.165, 1.54) is 19.2 Å². The topological polar surface area (TPSA) is 75.6 Å². The molecule has 0 aromatic heterocycles. The van der Waals surface area contributed by atoms with Gasteiger partial charge in [0.05, 0.1) is 12.2 Å². The van der Waals surface area contributed by atoms with Gasteiger partial charge in [0.2, 0.25) is 5.91 Å². The number of carbonyl (C=O) groups is 2. The third kappa shape index (κ3) is 4.86. The SMILES string of the molecule is COCc1cc(NC(=O)C(C)C(C)(C)C)cc(C(=O)O)c1. The van der Waals surface area contributed by atoms with E-state index in [1.807, 2.05) is 27.7 Å². The van der Waals surface area contributed by atoms with Crippen LogP contribution in [0.5, 0.6) is 0 Å². The summed E-state index contributed by atoms with van der Waals surface area (Å²) < 4.78 is 5.02. The third-order valence-corrected chi connectivity index (χ3v) is 3.51. The summed E-state index contributed by atoms with van der Waals surface area (Å²) >= 11 is 0. The minimum atomic E-state index is -1.03. The fourth-order valence-corrected chi connectivity index (χ4v) is 1.78. The van der Waals surface area contributed by atoms with Crippen LogP contribution in [-0.4, -0.2) is 24.1 Å². The molecule has 0 aliphatic rings. The molecule has 0 spiro atoms. The van der Waals surface area contributed by atoms with E-state index in [0.29, 0.717) is 17.9 Å². The van der Waals surface area contributed by atoms with Crippen molar-refractivity contribution in [2.45, 2.75) is 34.3 Å². The fraction of sp³-hybridized carbons (Fsp3) is 0.500. The Morgan fingerprint density at radius 1 is 1.29 bits per heavy atom. The van der Waals surface area contributed by atoms with Crippen LogP contribution < -0.4 is 5.32 Å². The average molecular weight is 293 g/mol. The summed E-state index contributed by atoms with van der Waals surface area (Å²) in [5.41, 5.74) is 1.14. The Kier molecular flexibility index (Phi) is 5.49. The Balaban J connectivity index is 3.02. The maximum atomic E-state index is 12.2. The molecule has 2 N–H and O–H groups in total. The van der Waals surface area contributed by atoms with Crippen molar-refractivity contribution in [1.82, 2.24) is 0 Å². The molecule has 1 amide bonds. The van der Waals surface area contributed by atoms with Gasteiger partial charge in [-0.25, -0.2) is 4.79 Å². The molecule has 116 valence electrons. The van der Waals surface area contributed by atoms with Crippen LogP contribution in [-0.2, 0) is 16.1 Å². The van der Waals surface area contributed by atoms with Gasteiger partial charge in [0.1, 0.15) is 0 Å². The minimum Gasteiger partial charge on any atom is -0.478 e. The molecule has 0 aliphatic heterocycles. The van der Waals surface area contributed by atoms with E-state index in [0.717, 1.165) is 0 Å². The molecule has 1 aromatic carbocycles. The molecule has 0 saturated carbocycles. The molecule has 0 radical (unpaired) electrons. The van der Waals surface area contributed by atoms with Crippen molar-refractivity contribution in [3.05, 3.63) is 29.3 Å². The first kappa shape index (κ1) is 17.2. The van der Waals surface area contributed by atoms with Gasteiger partial charge in [-0.05, 0) is 29.2 Å². The second kappa shape index (κ2) is 6.72. The summed E-state index contributed by atoms with van der Waals surface area (Å²) in [6.07, 6.45) is 0. The van der Waals surface area contributed by atoms with Gasteiger partial charge in [0, 0.05) is 18.7 Å². The predicted octanol–water partition coefficient (Wildman–Crippen LogP) is 3.15. The predicted molar refractivity (Wildman–Crippen MR) is 81.4 cm³/mol. The molecule has 1 unspecified atom stereocenters. The highest BCUT2D eigenvalue weighted by molar-refractivity contribution is 5.95. The number of hydrogen-bond acceptors (Lipinski definition) is 3. The summed E-state index contributed by atoms with van der Waals surface area (Å²) in [4.78, 5) is 23.4.